The van der Waals surface area contributed by atoms with Crippen LogP contribution in [0.1, 0.15) is 30.1 Å². The van der Waals surface area contributed by atoms with E-state index in [4.69, 9.17) is 27.9 Å². The molecule has 24 heavy (non-hydrogen) atoms. The Kier molecular flexibility index (Phi) is 5.65. The lowest BCUT2D eigenvalue weighted by Gasteiger charge is -2.41. The fraction of sp³-hybridized carbons (Fsp3) is 0.588. The van der Waals surface area contributed by atoms with Crippen LogP contribution in [0.25, 0.3) is 0 Å². The highest BCUT2D eigenvalue weighted by molar-refractivity contribution is 6.36. The number of benzene rings is 1. The Morgan fingerprint density at radius 1 is 1.21 bits per heavy atom. The van der Waals surface area contributed by atoms with Gasteiger partial charge in [-0.25, -0.2) is 4.39 Å². The molecular weight excluding hydrogens is 354 g/mol. The third-order valence-electron chi connectivity index (χ3n) is 4.78. The van der Waals surface area contributed by atoms with Crippen LogP contribution in [-0.2, 0) is 4.74 Å². The molecule has 1 aromatic rings. The van der Waals surface area contributed by atoms with Crippen molar-refractivity contribution in [3.63, 3.8) is 0 Å². The fourth-order valence-corrected chi connectivity index (χ4v) is 3.93. The Labute approximate surface area is 151 Å². The van der Waals surface area contributed by atoms with Gasteiger partial charge in [-0.2, -0.15) is 0 Å². The maximum absolute atomic E-state index is 13.6. The van der Waals surface area contributed by atoms with E-state index in [1.807, 2.05) is 0 Å². The molecule has 0 saturated carbocycles. The molecule has 1 amide bonds. The predicted octanol–water partition coefficient (Wildman–Crippen LogP) is 3.46. The van der Waals surface area contributed by atoms with Crippen LogP contribution in [-0.4, -0.2) is 60.6 Å². The van der Waals surface area contributed by atoms with Crippen molar-refractivity contribution in [2.24, 2.45) is 0 Å². The fourth-order valence-electron chi connectivity index (χ4n) is 3.47. The molecule has 2 aliphatic heterocycles. The maximum Gasteiger partial charge on any atom is 0.255 e. The van der Waals surface area contributed by atoms with E-state index in [0.717, 1.165) is 38.6 Å². The molecule has 0 bridgehead atoms. The van der Waals surface area contributed by atoms with Crippen molar-refractivity contribution in [1.82, 2.24) is 9.80 Å². The molecule has 0 spiro atoms. The van der Waals surface area contributed by atoms with Crippen LogP contribution in [0.2, 0.25) is 10.0 Å². The Balaban J connectivity index is 1.62. The van der Waals surface area contributed by atoms with Gasteiger partial charge in [0.15, 0.2) is 0 Å². The van der Waals surface area contributed by atoms with Crippen molar-refractivity contribution in [3.8, 4) is 0 Å². The molecule has 1 atom stereocenters. The molecule has 2 fully saturated rings. The summed E-state index contributed by atoms with van der Waals surface area (Å²) in [6, 6.07) is 2.88. The highest BCUT2D eigenvalue weighted by atomic mass is 35.5. The molecule has 1 unspecified atom stereocenters. The minimum atomic E-state index is -0.624. The van der Waals surface area contributed by atoms with E-state index in [0.29, 0.717) is 19.1 Å². The van der Waals surface area contributed by atoms with E-state index in [1.165, 1.54) is 6.07 Å². The van der Waals surface area contributed by atoms with E-state index < -0.39 is 5.82 Å². The first kappa shape index (κ1) is 17.9. The summed E-state index contributed by atoms with van der Waals surface area (Å²) >= 11 is 11.8. The van der Waals surface area contributed by atoms with E-state index >= 15 is 0 Å². The molecule has 3 rings (SSSR count). The molecule has 132 valence electrons. The van der Waals surface area contributed by atoms with Crippen LogP contribution in [0.4, 0.5) is 4.39 Å². The molecule has 0 N–H and O–H groups in total. The molecule has 2 heterocycles. The van der Waals surface area contributed by atoms with Crippen molar-refractivity contribution in [3.05, 3.63) is 33.6 Å². The summed E-state index contributed by atoms with van der Waals surface area (Å²) in [6.07, 6.45) is 2.08. The van der Waals surface area contributed by atoms with Gasteiger partial charge in [-0.05, 0) is 31.9 Å². The van der Waals surface area contributed by atoms with Crippen molar-refractivity contribution >= 4 is 29.1 Å². The van der Waals surface area contributed by atoms with Crippen LogP contribution in [0, 0.1) is 5.82 Å². The van der Waals surface area contributed by atoms with Crippen LogP contribution in [0.15, 0.2) is 12.1 Å². The molecule has 0 radical (unpaired) electrons. The number of hydrogen-bond acceptors (Lipinski definition) is 3. The van der Waals surface area contributed by atoms with Crippen molar-refractivity contribution in [2.45, 2.75) is 31.9 Å². The number of ether oxygens (including phenoxy) is 1. The van der Waals surface area contributed by atoms with E-state index in [2.05, 4.69) is 11.8 Å². The third kappa shape index (κ3) is 3.85. The second-order valence-electron chi connectivity index (χ2n) is 6.45. The number of piperidine rings is 1. The summed E-state index contributed by atoms with van der Waals surface area (Å²) in [5.41, 5.74) is 0.178. The first-order valence-electron chi connectivity index (χ1n) is 8.25. The normalized spacial score (nSPS) is 23.5. The van der Waals surface area contributed by atoms with Gasteiger partial charge in [0.05, 0.1) is 28.3 Å². The molecule has 2 saturated heterocycles. The minimum Gasteiger partial charge on any atom is -0.376 e. The number of hydrogen-bond donors (Lipinski definition) is 0. The lowest BCUT2D eigenvalue weighted by Crippen LogP contribution is -2.51. The average Bonchev–Trinajstić information content (AvgIpc) is 2.58. The zero-order valence-corrected chi connectivity index (χ0v) is 15.1. The Morgan fingerprint density at radius 2 is 1.92 bits per heavy atom. The Morgan fingerprint density at radius 3 is 2.58 bits per heavy atom. The van der Waals surface area contributed by atoms with Crippen molar-refractivity contribution in [2.75, 3.05) is 32.8 Å². The summed E-state index contributed by atoms with van der Waals surface area (Å²) < 4.78 is 19.2. The third-order valence-corrected chi connectivity index (χ3v) is 5.38. The summed E-state index contributed by atoms with van der Waals surface area (Å²) in [7, 11) is 0. The van der Waals surface area contributed by atoms with Crippen LogP contribution >= 0.6 is 23.2 Å². The maximum atomic E-state index is 13.6. The summed E-state index contributed by atoms with van der Waals surface area (Å²) in [6.45, 7) is 6.03. The number of rotatable bonds is 2. The molecule has 1 aromatic carbocycles. The summed E-state index contributed by atoms with van der Waals surface area (Å²) in [5, 5.41) is 0.118. The number of morpholine rings is 1. The zero-order chi connectivity index (χ0) is 17.3. The molecule has 0 aromatic heterocycles. The SMILES string of the molecule is CC1CN(C2CCN(C(=O)c3cc(F)c(Cl)cc3Cl)CC2)CCO1. The number of amides is 1. The number of likely N-dealkylation sites (tertiary alicyclic amines) is 1. The van der Waals surface area contributed by atoms with E-state index in [9.17, 15) is 9.18 Å². The number of carbonyl (C=O) groups is 1. The summed E-state index contributed by atoms with van der Waals surface area (Å²) in [5.74, 6) is -0.856. The van der Waals surface area contributed by atoms with Gasteiger partial charge >= 0.3 is 0 Å². The topological polar surface area (TPSA) is 32.8 Å². The zero-order valence-electron chi connectivity index (χ0n) is 13.6. The highest BCUT2D eigenvalue weighted by Crippen LogP contribution is 2.27. The van der Waals surface area contributed by atoms with Crippen molar-refractivity contribution in [1.29, 1.82) is 0 Å². The molecule has 0 aliphatic carbocycles. The predicted molar refractivity (Wildman–Crippen MR) is 92.3 cm³/mol. The molecule has 7 heteroatoms. The van der Waals surface area contributed by atoms with E-state index in [1.54, 1.807) is 4.90 Å². The van der Waals surface area contributed by atoms with Gasteiger partial charge in [0, 0.05) is 32.2 Å². The van der Waals surface area contributed by atoms with Crippen molar-refractivity contribution < 1.29 is 13.9 Å². The monoisotopic (exact) mass is 374 g/mol. The lowest BCUT2D eigenvalue weighted by atomic mass is 10.0. The van der Waals surface area contributed by atoms with Crippen LogP contribution < -0.4 is 0 Å². The average molecular weight is 375 g/mol. The van der Waals surface area contributed by atoms with Gasteiger partial charge < -0.3 is 9.64 Å². The first-order valence-corrected chi connectivity index (χ1v) is 9.00. The van der Waals surface area contributed by atoms with Gasteiger partial charge in [-0.3, -0.25) is 9.69 Å². The quantitative estimate of drug-likeness (QED) is 0.743. The second kappa shape index (κ2) is 7.56. The van der Waals surface area contributed by atoms with Crippen LogP contribution in [0.3, 0.4) is 0 Å². The van der Waals surface area contributed by atoms with Gasteiger partial charge in [0.25, 0.3) is 5.91 Å². The van der Waals surface area contributed by atoms with Crippen LogP contribution in [0.5, 0.6) is 0 Å². The smallest absolute Gasteiger partial charge is 0.255 e. The number of halogens is 3. The minimum absolute atomic E-state index is 0.0725. The summed E-state index contributed by atoms with van der Waals surface area (Å²) in [4.78, 5) is 16.8. The molecule has 4 nitrogen and oxygen atoms in total. The van der Waals surface area contributed by atoms with Gasteiger partial charge in [-0.1, -0.05) is 23.2 Å². The van der Waals surface area contributed by atoms with Gasteiger partial charge in [0.2, 0.25) is 0 Å². The Hall–Kier alpha value is -0.880. The lowest BCUT2D eigenvalue weighted by molar-refractivity contribution is -0.0423. The number of nitrogens with zero attached hydrogens (tertiary/aromatic N) is 2. The van der Waals surface area contributed by atoms with E-state index in [-0.39, 0.29) is 27.6 Å². The van der Waals surface area contributed by atoms with Gasteiger partial charge in [0.1, 0.15) is 5.82 Å². The second-order valence-corrected chi connectivity index (χ2v) is 7.26. The largest absolute Gasteiger partial charge is 0.376 e. The highest BCUT2D eigenvalue weighted by Gasteiger charge is 2.30. The Bertz CT molecular complexity index is 621. The molecular formula is C17H21Cl2FN2O2. The first-order chi connectivity index (χ1) is 11.5. The van der Waals surface area contributed by atoms with Gasteiger partial charge in [-0.15, -0.1) is 0 Å². The standard InChI is InChI=1S/C17H21Cl2FN2O2/c1-11-10-22(6-7-24-11)12-2-4-21(5-3-12)17(23)13-8-16(20)15(19)9-14(13)18/h8-9,11-12H,2-7,10H2,1H3. The number of carbonyl (C=O) groups excluding carboxylic acids is 1. The molecule has 2 aliphatic rings.